The second-order valence-electron chi connectivity index (χ2n) is 2.99. The normalized spacial score (nSPS) is 26.4. The molecule has 0 aromatic carbocycles. The molecule has 10 heavy (non-hydrogen) atoms. The van der Waals surface area contributed by atoms with Crippen LogP contribution in [-0.4, -0.2) is 23.1 Å². The maximum Gasteiger partial charge on any atom is 2.00 e. The number of hydrogen-bond donors (Lipinski definition) is 0. The van der Waals surface area contributed by atoms with Crippen LogP contribution in [0, 0.1) is 11.8 Å². The van der Waals surface area contributed by atoms with Crippen LogP contribution in [0.4, 0.5) is 0 Å². The maximum atomic E-state index is 2.34. The van der Waals surface area contributed by atoms with Crippen molar-refractivity contribution in [3.05, 3.63) is 5.92 Å². The van der Waals surface area contributed by atoms with Crippen molar-refractivity contribution in [2.24, 2.45) is 5.92 Å². The monoisotopic (exact) mass is 170 g/mol. The van der Waals surface area contributed by atoms with Crippen molar-refractivity contribution in [2.45, 2.75) is 39.5 Å². The van der Waals surface area contributed by atoms with Gasteiger partial charge < -0.3 is 18.3 Å². The van der Waals surface area contributed by atoms with Crippen molar-refractivity contribution < 1.29 is 12.4 Å². The van der Waals surface area contributed by atoms with Crippen molar-refractivity contribution in [1.82, 2.24) is 0 Å². The summed E-state index contributed by atoms with van der Waals surface area (Å²) in [7, 11) is 0. The van der Waals surface area contributed by atoms with Gasteiger partial charge in [-0.1, -0.05) is 26.2 Å². The van der Waals surface area contributed by atoms with E-state index in [-0.39, 0.29) is 35.5 Å². The smallest absolute Gasteiger partial charge is 1.00 e. The standard InChI is InChI=1S/C8H15.ClH.Mg/c1-7-5-3-4-6-8(7)2;;/h7H,3-6H2,1-2H3;1H;/q-1;;+2/p-1. The number of rotatable bonds is 0. The summed E-state index contributed by atoms with van der Waals surface area (Å²) in [5.41, 5.74) is 0. The van der Waals surface area contributed by atoms with Crippen molar-refractivity contribution in [1.29, 1.82) is 0 Å². The van der Waals surface area contributed by atoms with Gasteiger partial charge in [-0.3, -0.25) is 0 Å². The van der Waals surface area contributed by atoms with Crippen molar-refractivity contribution in [3.8, 4) is 0 Å². The van der Waals surface area contributed by atoms with Crippen LogP contribution in [0.25, 0.3) is 0 Å². The van der Waals surface area contributed by atoms with Crippen LogP contribution in [0.3, 0.4) is 0 Å². The predicted octanol–water partition coefficient (Wildman–Crippen LogP) is -0.586. The third-order valence-electron chi connectivity index (χ3n) is 2.30. The summed E-state index contributed by atoms with van der Waals surface area (Å²) < 4.78 is 0. The number of halogens is 1. The summed E-state index contributed by atoms with van der Waals surface area (Å²) in [6.07, 6.45) is 5.72. The van der Waals surface area contributed by atoms with Crippen LogP contribution >= 0.6 is 0 Å². The van der Waals surface area contributed by atoms with Crippen LogP contribution in [0.15, 0.2) is 0 Å². The van der Waals surface area contributed by atoms with Crippen molar-refractivity contribution >= 4 is 23.1 Å². The molecule has 0 heterocycles. The third kappa shape index (κ3) is 4.04. The molecule has 0 radical (unpaired) electrons. The molecule has 1 aliphatic carbocycles. The molecule has 0 bridgehead atoms. The van der Waals surface area contributed by atoms with Crippen LogP contribution in [0.2, 0.25) is 0 Å². The van der Waals surface area contributed by atoms with Gasteiger partial charge >= 0.3 is 23.1 Å². The summed E-state index contributed by atoms with van der Waals surface area (Å²) in [6.45, 7) is 4.64. The molecular weight excluding hydrogens is 156 g/mol. The topological polar surface area (TPSA) is 0 Å². The van der Waals surface area contributed by atoms with Crippen LogP contribution < -0.4 is 12.4 Å². The van der Waals surface area contributed by atoms with E-state index in [9.17, 15) is 0 Å². The largest absolute Gasteiger partial charge is 2.00 e. The summed E-state index contributed by atoms with van der Waals surface area (Å²) >= 11 is 0. The molecule has 1 aliphatic rings. The molecule has 0 N–H and O–H groups in total. The van der Waals surface area contributed by atoms with Crippen LogP contribution in [0.1, 0.15) is 39.5 Å². The van der Waals surface area contributed by atoms with E-state index in [0.29, 0.717) is 0 Å². The minimum Gasteiger partial charge on any atom is -1.00 e. The summed E-state index contributed by atoms with van der Waals surface area (Å²) in [5, 5.41) is 0. The molecule has 0 nitrogen and oxygen atoms in total. The van der Waals surface area contributed by atoms with Crippen LogP contribution in [-0.2, 0) is 0 Å². The summed E-state index contributed by atoms with van der Waals surface area (Å²) in [5.74, 6) is 2.64. The Bertz CT molecular complexity index is 65.7. The average molecular weight is 171 g/mol. The molecule has 1 rings (SSSR count). The van der Waals surface area contributed by atoms with E-state index in [1.54, 1.807) is 5.92 Å². The molecule has 0 spiro atoms. The second-order valence-corrected chi connectivity index (χ2v) is 2.99. The van der Waals surface area contributed by atoms with Gasteiger partial charge in [-0.15, -0.1) is 0 Å². The van der Waals surface area contributed by atoms with Gasteiger partial charge in [0.2, 0.25) is 0 Å². The Morgan fingerprint density at radius 3 is 2.20 bits per heavy atom. The fourth-order valence-electron chi connectivity index (χ4n) is 1.35. The molecule has 2 heteroatoms. The quantitative estimate of drug-likeness (QED) is 0.337. The minimum atomic E-state index is 0. The SMILES string of the molecule is C[C-]1CCCCC1C.[Cl-].[Mg+2]. The van der Waals surface area contributed by atoms with Gasteiger partial charge in [-0.05, 0) is 0 Å². The Morgan fingerprint density at radius 1 is 1.30 bits per heavy atom. The maximum absolute atomic E-state index is 2.34. The van der Waals surface area contributed by atoms with Gasteiger partial charge in [0.15, 0.2) is 0 Å². The van der Waals surface area contributed by atoms with E-state index in [0.717, 1.165) is 5.92 Å². The molecule has 1 fully saturated rings. The van der Waals surface area contributed by atoms with Gasteiger partial charge in [0.1, 0.15) is 0 Å². The summed E-state index contributed by atoms with van der Waals surface area (Å²) in [6, 6.07) is 0. The third-order valence-corrected chi connectivity index (χ3v) is 2.30. The Balaban J connectivity index is 0. The Hall–Kier alpha value is 1.06. The van der Waals surface area contributed by atoms with Gasteiger partial charge in [-0.25, -0.2) is 0 Å². The minimum absolute atomic E-state index is 0. The first-order valence-corrected chi connectivity index (χ1v) is 3.63. The predicted molar refractivity (Wildman–Crippen MR) is 42.3 cm³/mol. The van der Waals surface area contributed by atoms with Crippen molar-refractivity contribution in [2.75, 3.05) is 0 Å². The Kier molecular flexibility index (Phi) is 9.20. The Morgan fingerprint density at radius 2 is 1.90 bits per heavy atom. The summed E-state index contributed by atoms with van der Waals surface area (Å²) in [4.78, 5) is 0. The van der Waals surface area contributed by atoms with Gasteiger partial charge in [0.25, 0.3) is 0 Å². The molecule has 0 aliphatic heterocycles. The molecule has 1 atom stereocenters. The molecule has 0 aromatic rings. The van der Waals surface area contributed by atoms with E-state index in [4.69, 9.17) is 0 Å². The first-order chi connectivity index (χ1) is 3.80. The second kappa shape index (κ2) is 6.75. The zero-order valence-corrected chi connectivity index (χ0v) is 9.16. The van der Waals surface area contributed by atoms with Gasteiger partial charge in [0, 0.05) is 0 Å². The zero-order valence-electron chi connectivity index (χ0n) is 6.99. The molecule has 0 amide bonds. The van der Waals surface area contributed by atoms with E-state index in [1.165, 1.54) is 25.7 Å². The first kappa shape index (κ1) is 13.6. The molecule has 0 aromatic heterocycles. The van der Waals surface area contributed by atoms with E-state index in [1.807, 2.05) is 0 Å². The van der Waals surface area contributed by atoms with Gasteiger partial charge in [0.05, 0.1) is 0 Å². The molecular formula is C8H15ClMg. The molecule has 1 unspecified atom stereocenters. The van der Waals surface area contributed by atoms with E-state index < -0.39 is 0 Å². The fraction of sp³-hybridized carbons (Fsp3) is 0.875. The fourth-order valence-corrected chi connectivity index (χ4v) is 1.35. The molecule has 1 saturated carbocycles. The first-order valence-electron chi connectivity index (χ1n) is 3.63. The average Bonchev–Trinajstić information content (AvgIpc) is 1.77. The zero-order chi connectivity index (χ0) is 5.98. The van der Waals surface area contributed by atoms with Gasteiger partial charge in [-0.2, -0.15) is 19.3 Å². The van der Waals surface area contributed by atoms with E-state index in [2.05, 4.69) is 13.8 Å². The van der Waals surface area contributed by atoms with E-state index >= 15 is 0 Å². The Labute approximate surface area is 86.7 Å². The molecule has 56 valence electrons. The van der Waals surface area contributed by atoms with Crippen molar-refractivity contribution in [3.63, 3.8) is 0 Å². The number of hydrogen-bond acceptors (Lipinski definition) is 0. The molecule has 0 saturated heterocycles. The van der Waals surface area contributed by atoms with Crippen LogP contribution in [0.5, 0.6) is 0 Å².